The predicted molar refractivity (Wildman–Crippen MR) is 78.0 cm³/mol. The van der Waals surface area contributed by atoms with Crippen LogP contribution >= 0.6 is 11.6 Å². The van der Waals surface area contributed by atoms with Gasteiger partial charge in [0, 0.05) is 0 Å². The minimum atomic E-state index is -0.757. The van der Waals surface area contributed by atoms with Gasteiger partial charge < -0.3 is 5.32 Å². The van der Waals surface area contributed by atoms with Crippen molar-refractivity contribution < 1.29 is 9.18 Å². The SMILES string of the molecule is C[C@@H](NC(=O)C(Cl)c1ccccc1)c1cccc(F)c1. The maximum Gasteiger partial charge on any atom is 0.243 e. The van der Waals surface area contributed by atoms with Crippen LogP contribution in [-0.4, -0.2) is 5.91 Å². The summed E-state index contributed by atoms with van der Waals surface area (Å²) >= 11 is 6.13. The molecule has 0 fully saturated rings. The Kier molecular flexibility index (Phi) is 4.74. The second kappa shape index (κ2) is 6.53. The van der Waals surface area contributed by atoms with Gasteiger partial charge in [-0.1, -0.05) is 42.5 Å². The standard InChI is InChI=1S/C16H15ClFNO/c1-11(13-8-5-9-14(18)10-13)19-16(20)15(17)12-6-3-2-4-7-12/h2-11,15H,1H3,(H,19,20)/t11-,15?/m1/s1. The average Bonchev–Trinajstić information content (AvgIpc) is 2.47. The highest BCUT2D eigenvalue weighted by atomic mass is 35.5. The van der Waals surface area contributed by atoms with Crippen LogP contribution in [0.1, 0.15) is 29.5 Å². The summed E-state index contributed by atoms with van der Waals surface area (Å²) in [5, 5.41) is 2.03. The second-order valence-electron chi connectivity index (χ2n) is 4.56. The lowest BCUT2D eigenvalue weighted by atomic mass is 10.1. The fourth-order valence-corrected chi connectivity index (χ4v) is 2.13. The number of hydrogen-bond acceptors (Lipinski definition) is 1. The van der Waals surface area contributed by atoms with Gasteiger partial charge in [0.25, 0.3) is 0 Å². The molecule has 2 aromatic carbocycles. The van der Waals surface area contributed by atoms with E-state index in [1.807, 2.05) is 18.2 Å². The molecule has 0 saturated heterocycles. The molecule has 2 aromatic rings. The van der Waals surface area contributed by atoms with Crippen LogP contribution in [0.2, 0.25) is 0 Å². The van der Waals surface area contributed by atoms with Gasteiger partial charge in [-0.2, -0.15) is 0 Å². The number of amides is 1. The van der Waals surface area contributed by atoms with E-state index in [4.69, 9.17) is 11.6 Å². The zero-order valence-electron chi connectivity index (χ0n) is 11.0. The van der Waals surface area contributed by atoms with E-state index in [9.17, 15) is 9.18 Å². The summed E-state index contributed by atoms with van der Waals surface area (Å²) in [5.74, 6) is -0.622. The number of halogens is 2. The van der Waals surface area contributed by atoms with Crippen molar-refractivity contribution in [2.75, 3.05) is 0 Å². The Hall–Kier alpha value is -1.87. The Morgan fingerprint density at radius 3 is 2.40 bits per heavy atom. The van der Waals surface area contributed by atoms with Gasteiger partial charge in [0.05, 0.1) is 6.04 Å². The van der Waals surface area contributed by atoms with Gasteiger partial charge in [-0.05, 0) is 30.2 Å². The molecule has 2 atom stereocenters. The van der Waals surface area contributed by atoms with E-state index in [1.54, 1.807) is 31.2 Å². The molecule has 0 heterocycles. The molecule has 104 valence electrons. The van der Waals surface area contributed by atoms with Gasteiger partial charge in [0.2, 0.25) is 5.91 Å². The van der Waals surface area contributed by atoms with Gasteiger partial charge >= 0.3 is 0 Å². The highest BCUT2D eigenvalue weighted by Gasteiger charge is 2.19. The van der Waals surface area contributed by atoms with Gasteiger partial charge in [0.1, 0.15) is 11.2 Å². The maximum atomic E-state index is 13.1. The molecule has 0 aliphatic carbocycles. The van der Waals surface area contributed by atoms with E-state index in [2.05, 4.69) is 5.32 Å². The van der Waals surface area contributed by atoms with Crippen LogP contribution in [0.3, 0.4) is 0 Å². The molecule has 1 amide bonds. The summed E-state index contributed by atoms with van der Waals surface area (Å²) in [4.78, 5) is 12.1. The van der Waals surface area contributed by atoms with E-state index < -0.39 is 5.38 Å². The van der Waals surface area contributed by atoms with Gasteiger partial charge in [-0.3, -0.25) is 4.79 Å². The zero-order valence-corrected chi connectivity index (χ0v) is 11.8. The lowest BCUT2D eigenvalue weighted by molar-refractivity contribution is -0.121. The Morgan fingerprint density at radius 1 is 1.10 bits per heavy atom. The molecule has 2 rings (SSSR count). The van der Waals surface area contributed by atoms with E-state index in [0.717, 1.165) is 5.56 Å². The summed E-state index contributed by atoms with van der Waals surface area (Å²) in [5.41, 5.74) is 1.44. The van der Waals surface area contributed by atoms with E-state index in [1.165, 1.54) is 12.1 Å². The fraction of sp³-hybridized carbons (Fsp3) is 0.188. The third-order valence-corrected chi connectivity index (χ3v) is 3.48. The molecule has 0 spiro atoms. The predicted octanol–water partition coefficient (Wildman–Crippen LogP) is 3.98. The number of carbonyl (C=O) groups is 1. The molecule has 1 unspecified atom stereocenters. The van der Waals surface area contributed by atoms with Crippen LogP contribution in [-0.2, 0) is 4.79 Å². The van der Waals surface area contributed by atoms with Crippen molar-refractivity contribution in [2.24, 2.45) is 0 Å². The first-order valence-corrected chi connectivity index (χ1v) is 6.76. The first kappa shape index (κ1) is 14.5. The minimum Gasteiger partial charge on any atom is -0.348 e. The quantitative estimate of drug-likeness (QED) is 0.848. The largest absolute Gasteiger partial charge is 0.348 e. The van der Waals surface area contributed by atoms with Crippen LogP contribution in [0, 0.1) is 5.82 Å². The Bertz CT molecular complexity index is 588. The second-order valence-corrected chi connectivity index (χ2v) is 4.99. The van der Waals surface area contributed by atoms with Gasteiger partial charge in [0.15, 0.2) is 0 Å². The van der Waals surface area contributed by atoms with E-state index >= 15 is 0 Å². The summed E-state index contributed by atoms with van der Waals surface area (Å²) < 4.78 is 13.1. The van der Waals surface area contributed by atoms with Gasteiger partial charge in [-0.25, -0.2) is 4.39 Å². The van der Waals surface area contributed by atoms with Gasteiger partial charge in [-0.15, -0.1) is 11.6 Å². The smallest absolute Gasteiger partial charge is 0.243 e. The molecular formula is C16H15ClFNO. The zero-order chi connectivity index (χ0) is 14.5. The third-order valence-electron chi connectivity index (χ3n) is 3.03. The van der Waals surface area contributed by atoms with Crippen LogP contribution in [0.4, 0.5) is 4.39 Å². The van der Waals surface area contributed by atoms with Crippen LogP contribution in [0.5, 0.6) is 0 Å². The Labute approximate surface area is 122 Å². The third kappa shape index (κ3) is 3.58. The molecule has 0 aliphatic rings. The topological polar surface area (TPSA) is 29.1 Å². The normalized spacial score (nSPS) is 13.6. The number of alkyl halides is 1. The number of rotatable bonds is 4. The van der Waals surface area contributed by atoms with Crippen molar-refractivity contribution >= 4 is 17.5 Å². The highest BCUT2D eigenvalue weighted by Crippen LogP contribution is 2.22. The Balaban J connectivity index is 2.04. The molecule has 4 heteroatoms. The first-order valence-electron chi connectivity index (χ1n) is 6.33. The molecule has 2 nitrogen and oxygen atoms in total. The number of hydrogen-bond donors (Lipinski definition) is 1. The number of benzene rings is 2. The molecule has 0 bridgehead atoms. The van der Waals surface area contributed by atoms with E-state index in [-0.39, 0.29) is 17.8 Å². The van der Waals surface area contributed by atoms with Crippen LogP contribution in [0.15, 0.2) is 54.6 Å². The van der Waals surface area contributed by atoms with Crippen molar-refractivity contribution in [1.82, 2.24) is 5.32 Å². The summed E-state index contributed by atoms with van der Waals surface area (Å²) in [6.45, 7) is 1.79. The lowest BCUT2D eigenvalue weighted by Crippen LogP contribution is -2.29. The monoisotopic (exact) mass is 291 g/mol. The molecule has 1 N–H and O–H groups in total. The molecule has 20 heavy (non-hydrogen) atoms. The molecular weight excluding hydrogens is 277 g/mol. The molecule has 0 radical (unpaired) electrons. The molecule has 0 aromatic heterocycles. The van der Waals surface area contributed by atoms with Crippen LogP contribution in [0.25, 0.3) is 0 Å². The van der Waals surface area contributed by atoms with Crippen molar-refractivity contribution in [3.63, 3.8) is 0 Å². The number of nitrogens with one attached hydrogen (secondary N) is 1. The lowest BCUT2D eigenvalue weighted by Gasteiger charge is -2.17. The van der Waals surface area contributed by atoms with Crippen molar-refractivity contribution in [3.8, 4) is 0 Å². The molecule has 0 saturated carbocycles. The summed E-state index contributed by atoms with van der Waals surface area (Å²) in [6.07, 6.45) is 0. The van der Waals surface area contributed by atoms with Crippen molar-refractivity contribution in [3.05, 3.63) is 71.5 Å². The van der Waals surface area contributed by atoms with Crippen LogP contribution < -0.4 is 5.32 Å². The maximum absolute atomic E-state index is 13.1. The summed E-state index contributed by atoms with van der Waals surface area (Å²) in [6, 6.07) is 14.9. The molecule has 0 aliphatic heterocycles. The van der Waals surface area contributed by atoms with Crippen molar-refractivity contribution in [2.45, 2.75) is 18.3 Å². The fourth-order valence-electron chi connectivity index (χ4n) is 1.92. The first-order chi connectivity index (χ1) is 9.58. The average molecular weight is 292 g/mol. The van der Waals surface area contributed by atoms with Crippen molar-refractivity contribution in [1.29, 1.82) is 0 Å². The number of carbonyl (C=O) groups excluding carboxylic acids is 1. The van der Waals surface area contributed by atoms with E-state index in [0.29, 0.717) is 5.56 Å². The highest BCUT2D eigenvalue weighted by molar-refractivity contribution is 6.30. The Morgan fingerprint density at radius 2 is 1.75 bits per heavy atom. The summed E-state index contributed by atoms with van der Waals surface area (Å²) in [7, 11) is 0. The minimum absolute atomic E-state index is 0.297.